The van der Waals surface area contributed by atoms with E-state index in [4.69, 9.17) is 0 Å². The van der Waals surface area contributed by atoms with E-state index in [2.05, 4.69) is 66.3 Å². The highest BCUT2D eigenvalue weighted by Crippen LogP contribution is 2.21. The first-order valence-corrected chi connectivity index (χ1v) is 9.46. The summed E-state index contributed by atoms with van der Waals surface area (Å²) in [7, 11) is 0. The Labute approximate surface area is 140 Å². The molecule has 2 heteroatoms. The SMILES string of the molecule is CCCCC(CC)CC(Cc1cccc(Br)c1)NCCC. The lowest BCUT2D eigenvalue weighted by molar-refractivity contribution is 0.347. The zero-order valence-electron chi connectivity index (χ0n) is 14.0. The summed E-state index contributed by atoms with van der Waals surface area (Å²) in [5.74, 6) is 0.867. The first-order chi connectivity index (χ1) is 10.2. The number of hydrogen-bond donors (Lipinski definition) is 1. The molecule has 0 aliphatic heterocycles. The van der Waals surface area contributed by atoms with Gasteiger partial charge in [0.25, 0.3) is 0 Å². The topological polar surface area (TPSA) is 12.0 Å². The molecule has 0 aromatic heterocycles. The van der Waals surface area contributed by atoms with Gasteiger partial charge in [0.15, 0.2) is 0 Å². The Morgan fingerprint density at radius 3 is 2.57 bits per heavy atom. The zero-order chi connectivity index (χ0) is 15.5. The molecule has 0 bridgehead atoms. The lowest BCUT2D eigenvalue weighted by atomic mass is 9.89. The lowest BCUT2D eigenvalue weighted by Crippen LogP contribution is -2.33. The summed E-state index contributed by atoms with van der Waals surface area (Å²) in [5, 5.41) is 3.76. The second-order valence-corrected chi connectivity index (χ2v) is 7.05. The van der Waals surface area contributed by atoms with E-state index in [1.807, 2.05) is 0 Å². The van der Waals surface area contributed by atoms with Crippen LogP contribution in [0.15, 0.2) is 28.7 Å². The molecule has 1 rings (SSSR count). The number of hydrogen-bond acceptors (Lipinski definition) is 1. The van der Waals surface area contributed by atoms with Gasteiger partial charge < -0.3 is 5.32 Å². The van der Waals surface area contributed by atoms with Crippen molar-refractivity contribution in [3.8, 4) is 0 Å². The van der Waals surface area contributed by atoms with Crippen LogP contribution in [0.1, 0.15) is 64.9 Å². The Bertz CT molecular complexity index is 378. The van der Waals surface area contributed by atoms with Crippen LogP contribution in [0.4, 0.5) is 0 Å². The Balaban J connectivity index is 2.61. The van der Waals surface area contributed by atoms with Crippen molar-refractivity contribution in [2.45, 2.75) is 71.8 Å². The van der Waals surface area contributed by atoms with Crippen molar-refractivity contribution >= 4 is 15.9 Å². The van der Waals surface area contributed by atoms with Gasteiger partial charge in [-0.05, 0) is 49.4 Å². The van der Waals surface area contributed by atoms with Crippen molar-refractivity contribution in [1.82, 2.24) is 5.32 Å². The van der Waals surface area contributed by atoms with Crippen molar-refractivity contribution in [2.24, 2.45) is 5.92 Å². The van der Waals surface area contributed by atoms with Crippen molar-refractivity contribution in [3.05, 3.63) is 34.3 Å². The molecule has 0 amide bonds. The molecule has 0 heterocycles. The standard InChI is InChI=1S/C19H32BrN/c1-4-7-9-16(6-3)14-19(21-12-5-2)15-17-10-8-11-18(20)13-17/h8,10-11,13,16,19,21H,4-7,9,12,14-15H2,1-3H3. The first-order valence-electron chi connectivity index (χ1n) is 8.67. The molecule has 0 fully saturated rings. The molecular formula is C19H32BrN. The molecule has 1 N–H and O–H groups in total. The highest BCUT2D eigenvalue weighted by molar-refractivity contribution is 9.10. The number of rotatable bonds is 11. The van der Waals surface area contributed by atoms with Gasteiger partial charge in [0.05, 0.1) is 0 Å². The van der Waals surface area contributed by atoms with E-state index in [1.54, 1.807) is 0 Å². The van der Waals surface area contributed by atoms with Crippen molar-refractivity contribution in [3.63, 3.8) is 0 Å². The van der Waals surface area contributed by atoms with Gasteiger partial charge in [-0.1, -0.05) is 74.5 Å². The minimum atomic E-state index is 0.612. The van der Waals surface area contributed by atoms with Crippen LogP contribution >= 0.6 is 15.9 Å². The smallest absolute Gasteiger partial charge is 0.0178 e. The van der Waals surface area contributed by atoms with Crippen LogP contribution in [0.25, 0.3) is 0 Å². The van der Waals surface area contributed by atoms with Gasteiger partial charge in [-0.15, -0.1) is 0 Å². The molecule has 21 heavy (non-hydrogen) atoms. The molecule has 0 spiro atoms. The third-order valence-corrected chi connectivity index (χ3v) is 4.71. The minimum Gasteiger partial charge on any atom is -0.314 e. The van der Waals surface area contributed by atoms with Crippen LogP contribution in [0.2, 0.25) is 0 Å². The van der Waals surface area contributed by atoms with E-state index < -0.39 is 0 Å². The maximum absolute atomic E-state index is 3.76. The maximum atomic E-state index is 3.76. The average molecular weight is 354 g/mol. The highest BCUT2D eigenvalue weighted by atomic mass is 79.9. The van der Waals surface area contributed by atoms with E-state index in [1.165, 1.54) is 48.6 Å². The van der Waals surface area contributed by atoms with Crippen LogP contribution in [0.3, 0.4) is 0 Å². The number of nitrogens with one attached hydrogen (secondary N) is 1. The number of halogens is 1. The van der Waals surface area contributed by atoms with Gasteiger partial charge in [0, 0.05) is 10.5 Å². The van der Waals surface area contributed by atoms with Crippen LogP contribution in [-0.2, 0) is 6.42 Å². The Morgan fingerprint density at radius 1 is 1.14 bits per heavy atom. The van der Waals surface area contributed by atoms with E-state index in [0.29, 0.717) is 6.04 Å². The van der Waals surface area contributed by atoms with E-state index in [0.717, 1.165) is 18.9 Å². The Morgan fingerprint density at radius 2 is 1.95 bits per heavy atom. The normalized spacial score (nSPS) is 14.1. The van der Waals surface area contributed by atoms with E-state index in [9.17, 15) is 0 Å². The van der Waals surface area contributed by atoms with E-state index >= 15 is 0 Å². The summed E-state index contributed by atoms with van der Waals surface area (Å²) >= 11 is 3.58. The molecule has 0 aliphatic rings. The van der Waals surface area contributed by atoms with Crippen molar-refractivity contribution < 1.29 is 0 Å². The predicted molar refractivity (Wildman–Crippen MR) is 97.9 cm³/mol. The van der Waals surface area contributed by atoms with Crippen molar-refractivity contribution in [2.75, 3.05) is 6.54 Å². The first kappa shape index (κ1) is 18.7. The number of unbranched alkanes of at least 4 members (excludes halogenated alkanes) is 1. The van der Waals surface area contributed by atoms with Crippen LogP contribution in [0.5, 0.6) is 0 Å². The zero-order valence-corrected chi connectivity index (χ0v) is 15.6. The predicted octanol–water partition coefficient (Wildman–Crippen LogP) is 5.97. The molecule has 1 aromatic rings. The Hall–Kier alpha value is -0.340. The molecule has 0 radical (unpaired) electrons. The van der Waals surface area contributed by atoms with Gasteiger partial charge in [-0.25, -0.2) is 0 Å². The largest absolute Gasteiger partial charge is 0.314 e. The van der Waals surface area contributed by atoms with Gasteiger partial charge in [0.2, 0.25) is 0 Å². The summed E-state index contributed by atoms with van der Waals surface area (Å²) in [4.78, 5) is 0. The van der Waals surface area contributed by atoms with Crippen LogP contribution in [-0.4, -0.2) is 12.6 Å². The molecule has 120 valence electrons. The summed E-state index contributed by atoms with van der Waals surface area (Å²) in [6.45, 7) is 8.01. The quantitative estimate of drug-likeness (QED) is 0.516. The van der Waals surface area contributed by atoms with Gasteiger partial charge in [0.1, 0.15) is 0 Å². The highest BCUT2D eigenvalue weighted by Gasteiger charge is 2.15. The molecule has 0 aliphatic carbocycles. The molecule has 1 nitrogen and oxygen atoms in total. The monoisotopic (exact) mass is 353 g/mol. The second-order valence-electron chi connectivity index (χ2n) is 6.14. The van der Waals surface area contributed by atoms with Gasteiger partial charge in [-0.3, -0.25) is 0 Å². The third-order valence-electron chi connectivity index (χ3n) is 4.22. The fourth-order valence-corrected chi connectivity index (χ4v) is 3.37. The molecule has 1 aromatic carbocycles. The summed E-state index contributed by atoms with van der Waals surface area (Å²) in [6, 6.07) is 9.37. The number of benzene rings is 1. The van der Waals surface area contributed by atoms with Gasteiger partial charge >= 0.3 is 0 Å². The fourth-order valence-electron chi connectivity index (χ4n) is 2.92. The lowest BCUT2D eigenvalue weighted by Gasteiger charge is -2.24. The third kappa shape index (κ3) is 8.01. The second kappa shape index (κ2) is 11.3. The maximum Gasteiger partial charge on any atom is 0.0178 e. The van der Waals surface area contributed by atoms with Gasteiger partial charge in [-0.2, -0.15) is 0 Å². The minimum absolute atomic E-state index is 0.612. The van der Waals surface area contributed by atoms with Crippen LogP contribution in [0, 0.1) is 5.92 Å². The molecular weight excluding hydrogens is 322 g/mol. The molecule has 0 saturated carbocycles. The summed E-state index contributed by atoms with van der Waals surface area (Å²) in [5.41, 5.74) is 1.43. The van der Waals surface area contributed by atoms with Crippen molar-refractivity contribution in [1.29, 1.82) is 0 Å². The van der Waals surface area contributed by atoms with E-state index in [-0.39, 0.29) is 0 Å². The summed E-state index contributed by atoms with van der Waals surface area (Å²) in [6.07, 6.45) is 9.04. The Kier molecular flexibility index (Phi) is 10.0. The average Bonchev–Trinajstić information content (AvgIpc) is 2.48. The molecule has 2 atom stereocenters. The van der Waals surface area contributed by atoms with Crippen LogP contribution < -0.4 is 5.32 Å². The molecule has 0 saturated heterocycles. The molecule has 2 unspecified atom stereocenters. The fraction of sp³-hybridized carbons (Fsp3) is 0.684. The summed E-state index contributed by atoms with van der Waals surface area (Å²) < 4.78 is 1.19.